The Morgan fingerprint density at radius 2 is 2.06 bits per heavy atom. The molecule has 0 saturated carbocycles. The van der Waals surface area contributed by atoms with Gasteiger partial charge in [0.05, 0.1) is 19.2 Å². The fraction of sp³-hybridized carbons (Fsp3) is 0.500. The number of carbonyl (C=O) groups excluding carboxylic acids is 1. The summed E-state index contributed by atoms with van der Waals surface area (Å²) in [6.07, 6.45) is 2.41. The van der Waals surface area contributed by atoms with Gasteiger partial charge in [0.2, 0.25) is 0 Å². The third-order valence-electron chi connectivity index (χ3n) is 3.22. The molecule has 1 aromatic rings. The Labute approximate surface area is 102 Å². The lowest BCUT2D eigenvalue weighted by Crippen LogP contribution is -2.27. The van der Waals surface area contributed by atoms with Gasteiger partial charge in [-0.1, -0.05) is 11.6 Å². The summed E-state index contributed by atoms with van der Waals surface area (Å²) in [5.41, 5.74) is 1.80. The zero-order valence-corrected chi connectivity index (χ0v) is 10.5. The van der Waals surface area contributed by atoms with Gasteiger partial charge in [-0.15, -0.1) is 0 Å². The maximum Gasteiger partial charge on any atom is 0.180 e. The van der Waals surface area contributed by atoms with Crippen molar-refractivity contribution < 1.29 is 9.53 Å². The van der Waals surface area contributed by atoms with Crippen LogP contribution in [-0.4, -0.2) is 37.4 Å². The minimum atomic E-state index is 0.160. The van der Waals surface area contributed by atoms with Gasteiger partial charge in [-0.2, -0.15) is 0 Å². The topological polar surface area (TPSA) is 29.5 Å². The molecule has 1 heterocycles. The highest BCUT2D eigenvalue weighted by Crippen LogP contribution is 2.21. The van der Waals surface area contributed by atoms with Gasteiger partial charge in [-0.3, -0.25) is 9.69 Å². The van der Waals surface area contributed by atoms with Gasteiger partial charge >= 0.3 is 0 Å². The van der Waals surface area contributed by atoms with E-state index in [2.05, 4.69) is 4.90 Å². The molecule has 3 nitrogen and oxygen atoms in total. The minimum Gasteiger partial charge on any atom is -0.496 e. The maximum absolute atomic E-state index is 12.2. The van der Waals surface area contributed by atoms with Crippen molar-refractivity contribution in [3.63, 3.8) is 0 Å². The van der Waals surface area contributed by atoms with Crippen molar-refractivity contribution in [2.45, 2.75) is 19.8 Å². The zero-order chi connectivity index (χ0) is 12.3. The molecule has 0 aliphatic carbocycles. The smallest absolute Gasteiger partial charge is 0.180 e. The van der Waals surface area contributed by atoms with Crippen molar-refractivity contribution in [2.24, 2.45) is 0 Å². The van der Waals surface area contributed by atoms with Gasteiger partial charge in [0.25, 0.3) is 0 Å². The fourth-order valence-electron chi connectivity index (χ4n) is 2.27. The van der Waals surface area contributed by atoms with Crippen LogP contribution in [0.3, 0.4) is 0 Å². The number of ether oxygens (including phenoxy) is 1. The zero-order valence-electron chi connectivity index (χ0n) is 10.5. The number of likely N-dealkylation sites (tertiary alicyclic amines) is 1. The Hall–Kier alpha value is -1.35. The lowest BCUT2D eigenvalue weighted by atomic mass is 10.1. The first-order chi connectivity index (χ1) is 8.20. The second-order valence-electron chi connectivity index (χ2n) is 4.61. The van der Waals surface area contributed by atoms with Crippen molar-refractivity contribution in [3.8, 4) is 5.75 Å². The van der Waals surface area contributed by atoms with Crippen molar-refractivity contribution in [1.29, 1.82) is 0 Å². The van der Waals surface area contributed by atoms with E-state index in [1.807, 2.05) is 25.1 Å². The number of carbonyl (C=O) groups is 1. The van der Waals surface area contributed by atoms with E-state index >= 15 is 0 Å². The monoisotopic (exact) mass is 233 g/mol. The van der Waals surface area contributed by atoms with Crippen LogP contribution in [0.15, 0.2) is 18.2 Å². The second kappa shape index (κ2) is 5.32. The molecule has 1 aliphatic rings. The van der Waals surface area contributed by atoms with Crippen molar-refractivity contribution in [3.05, 3.63) is 29.3 Å². The van der Waals surface area contributed by atoms with Crippen molar-refractivity contribution >= 4 is 5.78 Å². The van der Waals surface area contributed by atoms with E-state index in [0.29, 0.717) is 17.9 Å². The molecule has 17 heavy (non-hydrogen) atoms. The molecule has 0 bridgehead atoms. The van der Waals surface area contributed by atoms with Gasteiger partial charge < -0.3 is 4.74 Å². The largest absolute Gasteiger partial charge is 0.496 e. The highest BCUT2D eigenvalue weighted by atomic mass is 16.5. The molecule has 2 rings (SSSR count). The van der Waals surface area contributed by atoms with Crippen LogP contribution in [0.2, 0.25) is 0 Å². The second-order valence-corrected chi connectivity index (χ2v) is 4.61. The number of aryl methyl sites for hydroxylation is 1. The summed E-state index contributed by atoms with van der Waals surface area (Å²) in [5, 5.41) is 0. The van der Waals surface area contributed by atoms with Gasteiger partial charge in [-0.05, 0) is 45.0 Å². The van der Waals surface area contributed by atoms with Crippen LogP contribution in [-0.2, 0) is 0 Å². The first kappa shape index (κ1) is 12.1. The van der Waals surface area contributed by atoms with Crippen LogP contribution in [0.5, 0.6) is 5.75 Å². The predicted molar refractivity (Wildman–Crippen MR) is 67.7 cm³/mol. The lowest BCUT2D eigenvalue weighted by Gasteiger charge is -2.15. The van der Waals surface area contributed by atoms with Crippen LogP contribution >= 0.6 is 0 Å². The average Bonchev–Trinajstić information content (AvgIpc) is 2.81. The van der Waals surface area contributed by atoms with Crippen molar-refractivity contribution in [2.75, 3.05) is 26.7 Å². The van der Waals surface area contributed by atoms with E-state index in [4.69, 9.17) is 4.74 Å². The summed E-state index contributed by atoms with van der Waals surface area (Å²) in [4.78, 5) is 14.4. The minimum absolute atomic E-state index is 0.160. The number of benzene rings is 1. The normalized spacial score (nSPS) is 16.1. The number of hydrogen-bond donors (Lipinski definition) is 0. The van der Waals surface area contributed by atoms with Crippen LogP contribution < -0.4 is 4.74 Å². The third kappa shape index (κ3) is 2.86. The summed E-state index contributed by atoms with van der Waals surface area (Å²) >= 11 is 0. The highest BCUT2D eigenvalue weighted by Gasteiger charge is 2.18. The number of nitrogens with zero attached hydrogens (tertiary/aromatic N) is 1. The summed E-state index contributed by atoms with van der Waals surface area (Å²) < 4.78 is 5.25. The molecule has 92 valence electrons. The quantitative estimate of drug-likeness (QED) is 0.747. The Balaban J connectivity index is 2.14. The summed E-state index contributed by atoms with van der Waals surface area (Å²) in [5.74, 6) is 0.840. The van der Waals surface area contributed by atoms with Crippen LogP contribution in [0.4, 0.5) is 0 Å². The molecule has 0 radical (unpaired) electrons. The van der Waals surface area contributed by atoms with E-state index in [1.165, 1.54) is 12.8 Å². The number of Topliss-reactive ketones (excluding diaryl/α,β-unsaturated/α-hetero) is 1. The Morgan fingerprint density at radius 3 is 2.71 bits per heavy atom. The maximum atomic E-state index is 12.2. The van der Waals surface area contributed by atoms with Gasteiger partial charge in [0.15, 0.2) is 5.78 Å². The summed E-state index contributed by atoms with van der Waals surface area (Å²) in [6, 6.07) is 5.75. The van der Waals surface area contributed by atoms with Crippen LogP contribution in [0, 0.1) is 6.92 Å². The van der Waals surface area contributed by atoms with E-state index in [1.54, 1.807) is 7.11 Å². The van der Waals surface area contributed by atoms with Crippen LogP contribution in [0.1, 0.15) is 28.8 Å². The molecule has 1 fully saturated rings. The molecule has 3 heteroatoms. The summed E-state index contributed by atoms with van der Waals surface area (Å²) in [7, 11) is 1.61. The molecule has 1 aliphatic heterocycles. The number of hydrogen-bond acceptors (Lipinski definition) is 3. The number of ketones is 1. The molecule has 0 aromatic heterocycles. The Morgan fingerprint density at radius 1 is 1.35 bits per heavy atom. The Bertz CT molecular complexity index is 409. The molecular weight excluding hydrogens is 214 g/mol. The molecule has 0 spiro atoms. The first-order valence-electron chi connectivity index (χ1n) is 6.11. The van der Waals surface area contributed by atoms with Gasteiger partial charge in [0.1, 0.15) is 5.75 Å². The predicted octanol–water partition coefficient (Wildman–Crippen LogP) is 2.28. The Kier molecular flexibility index (Phi) is 3.79. The molecule has 0 N–H and O–H groups in total. The summed E-state index contributed by atoms with van der Waals surface area (Å²) in [6.45, 7) is 4.59. The fourth-order valence-corrected chi connectivity index (χ4v) is 2.27. The van der Waals surface area contributed by atoms with E-state index < -0.39 is 0 Å². The average molecular weight is 233 g/mol. The van der Waals surface area contributed by atoms with E-state index in [-0.39, 0.29) is 5.78 Å². The molecule has 0 atom stereocenters. The van der Waals surface area contributed by atoms with Gasteiger partial charge in [0, 0.05) is 0 Å². The van der Waals surface area contributed by atoms with Crippen LogP contribution in [0.25, 0.3) is 0 Å². The molecule has 1 saturated heterocycles. The third-order valence-corrected chi connectivity index (χ3v) is 3.22. The first-order valence-corrected chi connectivity index (χ1v) is 6.11. The SMILES string of the molecule is COc1ccc(C)cc1C(=O)CN1CCCC1. The standard InChI is InChI=1S/C14H19NO2/c1-11-5-6-14(17-2)12(9-11)13(16)10-15-7-3-4-8-15/h5-6,9H,3-4,7-8,10H2,1-2H3. The number of rotatable bonds is 4. The molecule has 0 amide bonds. The van der Waals surface area contributed by atoms with Gasteiger partial charge in [-0.25, -0.2) is 0 Å². The molecular formula is C14H19NO2. The van der Waals surface area contributed by atoms with Crippen molar-refractivity contribution in [1.82, 2.24) is 4.90 Å². The van der Waals surface area contributed by atoms with E-state index in [0.717, 1.165) is 18.7 Å². The van der Waals surface area contributed by atoms with E-state index in [9.17, 15) is 4.79 Å². The highest BCUT2D eigenvalue weighted by molar-refractivity contribution is 6.00. The number of methoxy groups -OCH3 is 1. The lowest BCUT2D eigenvalue weighted by molar-refractivity contribution is 0.0942. The molecule has 1 aromatic carbocycles. The molecule has 0 unspecified atom stereocenters.